The Kier molecular flexibility index (Phi) is 3.22. The Morgan fingerprint density at radius 1 is 1.43 bits per heavy atom. The molecule has 0 aromatic carbocycles. The summed E-state index contributed by atoms with van der Waals surface area (Å²) in [4.78, 5) is 0. The zero-order chi connectivity index (χ0) is 5.70. The van der Waals surface area contributed by atoms with E-state index in [1.54, 1.807) is 6.92 Å². The number of hydrogen-bond donors (Lipinski definition) is 0. The molecular weight excluding hydrogens is 88.1 g/mol. The third kappa shape index (κ3) is 5.36. The predicted octanol–water partition coefficient (Wildman–Crippen LogP) is 1.39. The molecule has 40 valence electrons. The van der Waals surface area contributed by atoms with Crippen molar-refractivity contribution in [2.45, 2.75) is 26.9 Å². The molecule has 1 heteroatoms. The van der Waals surface area contributed by atoms with E-state index in [0.29, 0.717) is 0 Å². The van der Waals surface area contributed by atoms with E-state index in [-0.39, 0.29) is 6.10 Å². The van der Waals surface area contributed by atoms with Gasteiger partial charge in [-0.05, 0) is 13.8 Å². The minimum atomic E-state index is 0.229. The maximum absolute atomic E-state index is 4.83. The highest BCUT2D eigenvalue weighted by Crippen LogP contribution is 1.81. The Balaban J connectivity index is 3.08. The van der Waals surface area contributed by atoms with Gasteiger partial charge in [-0.3, -0.25) is 0 Å². The molecule has 0 saturated carbocycles. The lowest BCUT2D eigenvalue weighted by Crippen LogP contribution is -1.94. The van der Waals surface area contributed by atoms with Crippen molar-refractivity contribution in [3.63, 3.8) is 0 Å². The van der Waals surface area contributed by atoms with Gasteiger partial charge in [-0.25, -0.2) is 0 Å². The molecule has 0 amide bonds. The molecule has 0 saturated heterocycles. The molecule has 0 unspecified atom stereocenters. The van der Waals surface area contributed by atoms with E-state index in [2.05, 4.69) is 12.0 Å². The van der Waals surface area contributed by atoms with Crippen LogP contribution < -0.4 is 0 Å². The SMILES string of the molecule is CC#COC(C)C. The first-order valence-corrected chi connectivity index (χ1v) is 2.34. The fourth-order valence-electron chi connectivity index (χ4n) is 0.177. The van der Waals surface area contributed by atoms with Crippen molar-refractivity contribution in [3.8, 4) is 12.0 Å². The topological polar surface area (TPSA) is 9.23 Å². The molecule has 1 nitrogen and oxygen atoms in total. The molecule has 0 aliphatic carbocycles. The van der Waals surface area contributed by atoms with Gasteiger partial charge < -0.3 is 4.74 Å². The summed E-state index contributed by atoms with van der Waals surface area (Å²) in [6.45, 7) is 5.65. The van der Waals surface area contributed by atoms with Crippen LogP contribution in [0.1, 0.15) is 20.8 Å². The second-order valence-corrected chi connectivity index (χ2v) is 1.52. The standard InChI is InChI=1S/C6H10O/c1-4-5-7-6(2)3/h6H,1-3H3. The first-order chi connectivity index (χ1) is 3.27. The van der Waals surface area contributed by atoms with Crippen molar-refractivity contribution < 1.29 is 4.74 Å². The average molecular weight is 98.1 g/mol. The van der Waals surface area contributed by atoms with Crippen molar-refractivity contribution in [2.24, 2.45) is 0 Å². The number of rotatable bonds is 1. The maximum atomic E-state index is 4.83. The molecule has 0 aliphatic heterocycles. The Morgan fingerprint density at radius 2 is 2.00 bits per heavy atom. The van der Waals surface area contributed by atoms with Crippen LogP contribution in [0, 0.1) is 12.0 Å². The van der Waals surface area contributed by atoms with Crippen LogP contribution in [0.2, 0.25) is 0 Å². The fourth-order valence-corrected chi connectivity index (χ4v) is 0.177. The molecule has 0 spiro atoms. The van der Waals surface area contributed by atoms with Crippen molar-refractivity contribution in [3.05, 3.63) is 0 Å². The van der Waals surface area contributed by atoms with Crippen LogP contribution in [0.5, 0.6) is 0 Å². The van der Waals surface area contributed by atoms with Gasteiger partial charge in [0.25, 0.3) is 0 Å². The van der Waals surface area contributed by atoms with Crippen molar-refractivity contribution in [2.75, 3.05) is 0 Å². The zero-order valence-electron chi connectivity index (χ0n) is 4.99. The largest absolute Gasteiger partial charge is 0.444 e. The van der Waals surface area contributed by atoms with Crippen molar-refractivity contribution in [1.82, 2.24) is 0 Å². The van der Waals surface area contributed by atoms with Crippen LogP contribution in [0.15, 0.2) is 0 Å². The van der Waals surface area contributed by atoms with Crippen LogP contribution in [0.3, 0.4) is 0 Å². The molecule has 0 aliphatic rings. The minimum Gasteiger partial charge on any atom is -0.444 e. The van der Waals surface area contributed by atoms with Gasteiger partial charge in [0.2, 0.25) is 0 Å². The summed E-state index contributed by atoms with van der Waals surface area (Å²) < 4.78 is 4.83. The molecule has 0 aromatic heterocycles. The van der Waals surface area contributed by atoms with Crippen LogP contribution in [0.25, 0.3) is 0 Å². The minimum absolute atomic E-state index is 0.229. The van der Waals surface area contributed by atoms with Gasteiger partial charge in [-0.2, -0.15) is 0 Å². The molecule has 0 rings (SSSR count). The van der Waals surface area contributed by atoms with Gasteiger partial charge in [0, 0.05) is 6.92 Å². The Labute approximate surface area is 44.7 Å². The van der Waals surface area contributed by atoms with Gasteiger partial charge in [-0.1, -0.05) is 5.92 Å². The van der Waals surface area contributed by atoms with Crippen molar-refractivity contribution >= 4 is 0 Å². The van der Waals surface area contributed by atoms with Crippen LogP contribution in [-0.2, 0) is 4.74 Å². The highest BCUT2D eigenvalue weighted by atomic mass is 16.5. The van der Waals surface area contributed by atoms with Crippen molar-refractivity contribution in [1.29, 1.82) is 0 Å². The van der Waals surface area contributed by atoms with Crippen LogP contribution >= 0.6 is 0 Å². The third-order valence-corrected chi connectivity index (χ3v) is 0.397. The molecule has 0 fully saturated rings. The third-order valence-electron chi connectivity index (χ3n) is 0.397. The van der Waals surface area contributed by atoms with E-state index < -0.39 is 0 Å². The monoisotopic (exact) mass is 98.1 g/mol. The second-order valence-electron chi connectivity index (χ2n) is 1.52. The van der Waals surface area contributed by atoms with E-state index in [1.807, 2.05) is 13.8 Å². The smallest absolute Gasteiger partial charge is 0.110 e. The lowest BCUT2D eigenvalue weighted by molar-refractivity contribution is 0.204. The molecule has 0 N–H and O–H groups in total. The molecule has 0 bridgehead atoms. The number of hydrogen-bond acceptors (Lipinski definition) is 1. The summed E-state index contributed by atoms with van der Waals surface area (Å²) >= 11 is 0. The summed E-state index contributed by atoms with van der Waals surface area (Å²) in [5.74, 6) is 2.63. The maximum Gasteiger partial charge on any atom is 0.110 e. The van der Waals surface area contributed by atoms with Gasteiger partial charge in [0.05, 0.1) is 0 Å². The lowest BCUT2D eigenvalue weighted by atomic mass is 10.5. The molecule has 0 atom stereocenters. The zero-order valence-corrected chi connectivity index (χ0v) is 4.99. The molecular formula is C6H10O. The molecule has 7 heavy (non-hydrogen) atoms. The summed E-state index contributed by atoms with van der Waals surface area (Å²) in [7, 11) is 0. The van der Waals surface area contributed by atoms with E-state index >= 15 is 0 Å². The highest BCUT2D eigenvalue weighted by molar-refractivity contribution is 4.85. The molecule has 0 aromatic rings. The van der Waals surface area contributed by atoms with E-state index in [4.69, 9.17) is 4.74 Å². The van der Waals surface area contributed by atoms with Crippen LogP contribution in [-0.4, -0.2) is 6.10 Å². The van der Waals surface area contributed by atoms with E-state index in [0.717, 1.165) is 0 Å². The second kappa shape index (κ2) is 3.55. The Hall–Kier alpha value is -0.640. The van der Waals surface area contributed by atoms with Gasteiger partial charge in [-0.15, -0.1) is 0 Å². The Morgan fingerprint density at radius 3 is 2.14 bits per heavy atom. The normalized spacial score (nSPS) is 7.43. The molecule has 0 radical (unpaired) electrons. The van der Waals surface area contributed by atoms with Gasteiger partial charge in [0.1, 0.15) is 12.2 Å². The van der Waals surface area contributed by atoms with Gasteiger partial charge in [0.15, 0.2) is 0 Å². The van der Waals surface area contributed by atoms with E-state index in [1.165, 1.54) is 0 Å². The summed E-state index contributed by atoms with van der Waals surface area (Å²) in [5.41, 5.74) is 0. The summed E-state index contributed by atoms with van der Waals surface area (Å²) in [6.07, 6.45) is 2.73. The average Bonchev–Trinajstić information content (AvgIpc) is 1.61. The predicted molar refractivity (Wildman–Crippen MR) is 29.7 cm³/mol. The van der Waals surface area contributed by atoms with Gasteiger partial charge >= 0.3 is 0 Å². The highest BCUT2D eigenvalue weighted by Gasteiger charge is 1.82. The van der Waals surface area contributed by atoms with Crippen LogP contribution in [0.4, 0.5) is 0 Å². The van der Waals surface area contributed by atoms with E-state index in [9.17, 15) is 0 Å². The first-order valence-electron chi connectivity index (χ1n) is 2.34. The number of ether oxygens (including phenoxy) is 1. The summed E-state index contributed by atoms with van der Waals surface area (Å²) in [5, 5.41) is 0. The fraction of sp³-hybridized carbons (Fsp3) is 0.667. The summed E-state index contributed by atoms with van der Waals surface area (Å²) in [6, 6.07) is 0. The molecule has 0 heterocycles. The Bertz CT molecular complexity index is 84.1. The first kappa shape index (κ1) is 6.36. The lowest BCUT2D eigenvalue weighted by Gasteiger charge is -1.96. The quantitative estimate of drug-likeness (QED) is 0.450.